The number of imide groups is 1. The van der Waals surface area contributed by atoms with Crippen molar-refractivity contribution >= 4 is 29.0 Å². The molecule has 1 saturated heterocycles. The van der Waals surface area contributed by atoms with Crippen LogP contribution in [0.5, 0.6) is 0 Å². The molecule has 2 aromatic heterocycles. The van der Waals surface area contributed by atoms with E-state index < -0.39 is 6.03 Å². The fraction of sp³-hybridized carbons (Fsp3) is 0.312. The van der Waals surface area contributed by atoms with Crippen molar-refractivity contribution in [1.82, 2.24) is 20.0 Å². The highest BCUT2D eigenvalue weighted by Crippen LogP contribution is 2.24. The Hall–Kier alpha value is -2.67. The fourth-order valence-corrected chi connectivity index (χ4v) is 3.03. The summed E-state index contributed by atoms with van der Waals surface area (Å²) in [6.07, 6.45) is 7.10. The molecule has 0 atom stereocenters. The van der Waals surface area contributed by atoms with Gasteiger partial charge in [-0.25, -0.2) is 9.78 Å². The number of rotatable bonds is 2. The zero-order valence-electron chi connectivity index (χ0n) is 12.6. The van der Waals surface area contributed by atoms with Gasteiger partial charge in [-0.1, -0.05) is 6.08 Å². The van der Waals surface area contributed by atoms with Gasteiger partial charge in [0.1, 0.15) is 11.5 Å². The van der Waals surface area contributed by atoms with Gasteiger partial charge < -0.3 is 5.32 Å². The number of urea groups is 1. The van der Waals surface area contributed by atoms with Gasteiger partial charge >= 0.3 is 6.03 Å². The molecule has 23 heavy (non-hydrogen) atoms. The number of hydrogen-bond donors (Lipinski definition) is 2. The summed E-state index contributed by atoms with van der Waals surface area (Å²) in [6.45, 7) is 2.25. The number of carbonyl (C=O) groups excluding carboxylic acids is 2. The van der Waals surface area contributed by atoms with Gasteiger partial charge in [0.05, 0.1) is 6.20 Å². The Bertz CT molecular complexity index is 823. The van der Waals surface area contributed by atoms with E-state index in [1.54, 1.807) is 11.1 Å². The van der Waals surface area contributed by atoms with Crippen molar-refractivity contribution in [1.29, 1.82) is 0 Å². The highest BCUT2D eigenvalue weighted by molar-refractivity contribution is 6.05. The lowest BCUT2D eigenvalue weighted by molar-refractivity contribution is -0.120. The molecule has 0 bridgehead atoms. The number of imidazole rings is 1. The predicted octanol–water partition coefficient (Wildman–Crippen LogP) is 1.16. The molecule has 0 spiro atoms. The molecule has 0 aliphatic carbocycles. The lowest BCUT2D eigenvalue weighted by atomic mass is 10.0. The lowest BCUT2D eigenvalue weighted by Crippen LogP contribution is -2.50. The van der Waals surface area contributed by atoms with Crippen LogP contribution < -0.4 is 15.5 Å². The van der Waals surface area contributed by atoms with Gasteiger partial charge in [-0.3, -0.25) is 19.4 Å². The minimum atomic E-state index is -0.395. The number of carbonyl (C=O) groups is 2. The largest absolute Gasteiger partial charge is 0.329 e. The lowest BCUT2D eigenvalue weighted by Gasteiger charge is -2.25. The Kier molecular flexibility index (Phi) is 3.34. The molecule has 7 nitrogen and oxygen atoms in total. The first-order chi connectivity index (χ1) is 11.2. The van der Waals surface area contributed by atoms with Gasteiger partial charge in [-0.05, 0) is 36.2 Å². The quantitative estimate of drug-likeness (QED) is 0.872. The van der Waals surface area contributed by atoms with E-state index in [0.29, 0.717) is 18.8 Å². The monoisotopic (exact) mass is 311 g/mol. The average Bonchev–Trinajstić information content (AvgIpc) is 2.99. The van der Waals surface area contributed by atoms with E-state index in [9.17, 15) is 9.59 Å². The molecular weight excluding hydrogens is 294 g/mol. The smallest absolute Gasteiger partial charge is 0.313 e. The van der Waals surface area contributed by atoms with Crippen LogP contribution in [0.25, 0.3) is 11.2 Å². The topological polar surface area (TPSA) is 78.7 Å². The van der Waals surface area contributed by atoms with Crippen LogP contribution in [0.3, 0.4) is 0 Å². The summed E-state index contributed by atoms with van der Waals surface area (Å²) in [5, 5.41) is 5.64. The summed E-state index contributed by atoms with van der Waals surface area (Å²) in [5.41, 5.74) is 3.27. The molecule has 2 aromatic rings. The van der Waals surface area contributed by atoms with Gasteiger partial charge in [0.2, 0.25) is 5.91 Å². The number of amides is 3. The Morgan fingerprint density at radius 2 is 2.13 bits per heavy atom. The molecule has 3 amide bonds. The maximum Gasteiger partial charge on any atom is 0.329 e. The third-order valence-electron chi connectivity index (χ3n) is 4.26. The molecule has 2 aliphatic rings. The van der Waals surface area contributed by atoms with Gasteiger partial charge in [0.25, 0.3) is 0 Å². The highest BCUT2D eigenvalue weighted by atomic mass is 16.2. The zero-order valence-corrected chi connectivity index (χ0v) is 12.6. The zero-order chi connectivity index (χ0) is 15.8. The SMILES string of the molecule is O=C1CCN(c2cnc3cc(C4=CCNCC4)ccn23)C(=O)N1. The second-order valence-electron chi connectivity index (χ2n) is 5.70. The number of aromatic nitrogens is 2. The normalized spacial score (nSPS) is 19.0. The summed E-state index contributed by atoms with van der Waals surface area (Å²) >= 11 is 0. The number of hydrogen-bond acceptors (Lipinski definition) is 4. The van der Waals surface area contributed by atoms with E-state index >= 15 is 0 Å². The first-order valence-corrected chi connectivity index (χ1v) is 7.71. The van der Waals surface area contributed by atoms with Crippen molar-refractivity contribution in [2.24, 2.45) is 0 Å². The van der Waals surface area contributed by atoms with Crippen LogP contribution in [0.1, 0.15) is 18.4 Å². The molecule has 0 unspecified atom stereocenters. The molecule has 2 N–H and O–H groups in total. The van der Waals surface area contributed by atoms with Gasteiger partial charge in [-0.2, -0.15) is 0 Å². The average molecular weight is 311 g/mol. The Balaban J connectivity index is 1.69. The first-order valence-electron chi connectivity index (χ1n) is 7.71. The molecule has 2 aliphatic heterocycles. The van der Waals surface area contributed by atoms with Crippen LogP contribution in [0.4, 0.5) is 10.6 Å². The van der Waals surface area contributed by atoms with Crippen molar-refractivity contribution in [2.45, 2.75) is 12.8 Å². The first kappa shape index (κ1) is 14.0. The number of nitrogens with one attached hydrogen (secondary N) is 2. The number of anilines is 1. The van der Waals surface area contributed by atoms with E-state index in [1.807, 2.05) is 22.7 Å². The molecule has 7 heteroatoms. The summed E-state index contributed by atoms with van der Waals surface area (Å²) in [6, 6.07) is 3.68. The third kappa shape index (κ3) is 2.49. The number of pyridine rings is 1. The summed E-state index contributed by atoms with van der Waals surface area (Å²) < 4.78 is 1.88. The molecule has 1 fully saturated rings. The Labute approximate surface area is 133 Å². The van der Waals surface area contributed by atoms with Crippen molar-refractivity contribution in [3.63, 3.8) is 0 Å². The van der Waals surface area contributed by atoms with E-state index in [1.165, 1.54) is 5.57 Å². The van der Waals surface area contributed by atoms with Crippen LogP contribution in [0, 0.1) is 0 Å². The summed E-state index contributed by atoms with van der Waals surface area (Å²) in [5.74, 6) is 0.441. The van der Waals surface area contributed by atoms with Crippen LogP contribution >= 0.6 is 0 Å². The second kappa shape index (κ2) is 5.51. The van der Waals surface area contributed by atoms with Crippen LogP contribution in [-0.2, 0) is 4.79 Å². The maximum atomic E-state index is 12.0. The summed E-state index contributed by atoms with van der Waals surface area (Å²) in [4.78, 5) is 29.2. The molecule has 0 radical (unpaired) electrons. The highest BCUT2D eigenvalue weighted by Gasteiger charge is 2.26. The molecule has 4 rings (SSSR count). The molecule has 0 aromatic carbocycles. The maximum absolute atomic E-state index is 12.0. The van der Waals surface area contributed by atoms with Gasteiger partial charge in [-0.15, -0.1) is 0 Å². The molecular formula is C16H17N5O2. The van der Waals surface area contributed by atoms with E-state index in [4.69, 9.17) is 0 Å². The number of fused-ring (bicyclic) bond motifs is 1. The van der Waals surface area contributed by atoms with Crippen LogP contribution in [-0.4, -0.2) is 41.0 Å². The second-order valence-corrected chi connectivity index (χ2v) is 5.70. The predicted molar refractivity (Wildman–Crippen MR) is 86.2 cm³/mol. The van der Waals surface area contributed by atoms with E-state index in [0.717, 1.165) is 30.7 Å². The molecule has 118 valence electrons. The standard InChI is InChI=1S/C16H17N5O2/c22-14-4-8-21(16(23)19-14)15-10-18-13-9-12(3-7-20(13)15)11-1-5-17-6-2-11/h1,3,7,9-10,17H,2,4-6,8H2,(H,19,22,23). The van der Waals surface area contributed by atoms with Crippen molar-refractivity contribution in [3.05, 3.63) is 36.2 Å². The van der Waals surface area contributed by atoms with Crippen molar-refractivity contribution in [3.8, 4) is 0 Å². The fourth-order valence-electron chi connectivity index (χ4n) is 3.03. The van der Waals surface area contributed by atoms with Gasteiger partial charge in [0.15, 0.2) is 0 Å². The van der Waals surface area contributed by atoms with Gasteiger partial charge in [0, 0.05) is 25.7 Å². The van der Waals surface area contributed by atoms with E-state index in [2.05, 4.69) is 21.7 Å². The third-order valence-corrected chi connectivity index (χ3v) is 4.26. The van der Waals surface area contributed by atoms with Crippen LogP contribution in [0.2, 0.25) is 0 Å². The van der Waals surface area contributed by atoms with Crippen molar-refractivity contribution < 1.29 is 9.59 Å². The van der Waals surface area contributed by atoms with Crippen LogP contribution in [0.15, 0.2) is 30.6 Å². The van der Waals surface area contributed by atoms with E-state index in [-0.39, 0.29) is 5.91 Å². The molecule has 4 heterocycles. The summed E-state index contributed by atoms with van der Waals surface area (Å²) in [7, 11) is 0. The minimum Gasteiger partial charge on any atom is -0.313 e. The Morgan fingerprint density at radius 3 is 2.91 bits per heavy atom. The Morgan fingerprint density at radius 1 is 1.22 bits per heavy atom. The minimum absolute atomic E-state index is 0.236. The van der Waals surface area contributed by atoms with Crippen molar-refractivity contribution in [2.75, 3.05) is 24.5 Å². The number of nitrogens with zero attached hydrogens (tertiary/aromatic N) is 3. The molecule has 0 saturated carbocycles.